The number of ether oxygens (including phenoxy) is 1. The number of nitrogens with one attached hydrogen (secondary N) is 1. The number of hydrogen-bond acceptors (Lipinski definition) is 6. The van der Waals surface area contributed by atoms with Crippen molar-refractivity contribution in [2.45, 2.75) is 50.7 Å². The molecule has 176 valence electrons. The Labute approximate surface area is 195 Å². The van der Waals surface area contributed by atoms with Crippen LogP contribution < -0.4 is 21.5 Å². The van der Waals surface area contributed by atoms with Crippen LogP contribution in [0.5, 0.6) is 5.88 Å². The molecule has 3 aromatic heterocycles. The average molecular weight is 463 g/mol. The van der Waals surface area contributed by atoms with Gasteiger partial charge in [-0.1, -0.05) is 6.07 Å². The minimum Gasteiger partial charge on any atom is -0.474 e. The lowest BCUT2D eigenvalue weighted by molar-refractivity contribution is -0.127. The fraction of sp³-hybridized carbons (Fsp3) is 0.375. The summed E-state index contributed by atoms with van der Waals surface area (Å²) in [6, 6.07) is 7.02. The van der Waals surface area contributed by atoms with E-state index in [1.165, 1.54) is 0 Å². The van der Waals surface area contributed by atoms with Gasteiger partial charge in [0.2, 0.25) is 17.7 Å². The fourth-order valence-electron chi connectivity index (χ4n) is 5.17. The molecule has 1 spiro atoms. The Morgan fingerprint density at radius 1 is 1.09 bits per heavy atom. The van der Waals surface area contributed by atoms with E-state index in [1.807, 2.05) is 12.1 Å². The summed E-state index contributed by atoms with van der Waals surface area (Å²) in [7, 11) is 0. The van der Waals surface area contributed by atoms with Crippen molar-refractivity contribution in [1.29, 1.82) is 0 Å². The van der Waals surface area contributed by atoms with Crippen LogP contribution in [-0.2, 0) is 22.4 Å². The van der Waals surface area contributed by atoms with E-state index in [9.17, 15) is 14.4 Å². The Morgan fingerprint density at radius 3 is 2.62 bits per heavy atom. The lowest BCUT2D eigenvalue weighted by atomic mass is 9.53. The van der Waals surface area contributed by atoms with E-state index in [1.54, 1.807) is 35.1 Å². The molecular weight excluding hydrogens is 436 g/mol. The summed E-state index contributed by atoms with van der Waals surface area (Å²) in [5.74, 6) is -0.727. The number of pyridine rings is 2. The largest absolute Gasteiger partial charge is 0.474 e. The van der Waals surface area contributed by atoms with Gasteiger partial charge < -0.3 is 25.9 Å². The van der Waals surface area contributed by atoms with E-state index >= 15 is 0 Å². The van der Waals surface area contributed by atoms with Gasteiger partial charge in [-0.05, 0) is 54.9 Å². The molecule has 2 fully saturated rings. The Hall–Kier alpha value is -3.95. The first-order valence-corrected chi connectivity index (χ1v) is 11.2. The van der Waals surface area contributed by atoms with Crippen LogP contribution in [0.25, 0.3) is 5.65 Å². The quantitative estimate of drug-likeness (QED) is 0.452. The number of hydrogen-bond donors (Lipinski definition) is 3. The fourth-order valence-corrected chi connectivity index (χ4v) is 5.17. The molecule has 0 bridgehead atoms. The van der Waals surface area contributed by atoms with Gasteiger partial charge in [0.05, 0.1) is 18.5 Å². The van der Waals surface area contributed by atoms with Crippen LogP contribution in [0.3, 0.4) is 0 Å². The van der Waals surface area contributed by atoms with Gasteiger partial charge in [-0.15, -0.1) is 0 Å². The first-order chi connectivity index (χ1) is 16.3. The summed E-state index contributed by atoms with van der Waals surface area (Å²) in [6.45, 7) is 0. The van der Waals surface area contributed by atoms with E-state index in [0.29, 0.717) is 16.9 Å². The Kier molecular flexibility index (Phi) is 5.43. The molecule has 10 nitrogen and oxygen atoms in total. The van der Waals surface area contributed by atoms with E-state index in [4.69, 9.17) is 16.2 Å². The predicted molar refractivity (Wildman–Crippen MR) is 122 cm³/mol. The third-order valence-corrected chi connectivity index (χ3v) is 6.64. The Morgan fingerprint density at radius 2 is 1.88 bits per heavy atom. The molecule has 2 aliphatic carbocycles. The minimum absolute atomic E-state index is 0.00193. The Balaban J connectivity index is 1.09. The molecule has 3 aromatic rings. The molecule has 3 amide bonds. The number of fused-ring (bicyclic) bond motifs is 1. The highest BCUT2D eigenvalue weighted by Crippen LogP contribution is 2.56. The second-order valence-electron chi connectivity index (χ2n) is 9.40. The number of carbonyl (C=O) groups is 3. The molecule has 5 rings (SSSR count). The number of imidazole rings is 1. The van der Waals surface area contributed by atoms with Crippen molar-refractivity contribution in [1.82, 2.24) is 19.7 Å². The lowest BCUT2D eigenvalue weighted by Crippen LogP contribution is -2.59. The molecule has 2 saturated carbocycles. The molecule has 34 heavy (non-hydrogen) atoms. The standard InChI is InChI=1S/C24H26N6O4/c25-19(31)6-14-3-4-20-28-15(13-30(20)12-14)7-21(32)29-16-8-24(9-16)10-17(11-24)34-23-18(22(26)33)2-1-5-27-23/h1-5,12-13,16-17H,6-11H2,(H2,25,31)(H2,26,33)(H,29,32). The third kappa shape index (κ3) is 4.43. The molecule has 5 N–H and O–H groups in total. The average Bonchev–Trinajstić information content (AvgIpc) is 3.11. The number of primary amides is 2. The summed E-state index contributed by atoms with van der Waals surface area (Å²) in [6.07, 6.45) is 9.09. The monoisotopic (exact) mass is 462 g/mol. The van der Waals surface area contributed by atoms with Gasteiger partial charge in [-0.3, -0.25) is 14.4 Å². The van der Waals surface area contributed by atoms with Gasteiger partial charge in [-0.2, -0.15) is 0 Å². The van der Waals surface area contributed by atoms with Crippen molar-refractivity contribution >= 4 is 23.4 Å². The first kappa shape index (κ1) is 21.9. The number of aromatic nitrogens is 3. The predicted octanol–water partition coefficient (Wildman–Crippen LogP) is 0.905. The Bertz CT molecular complexity index is 1270. The smallest absolute Gasteiger partial charge is 0.254 e. The molecule has 0 aromatic carbocycles. The number of amides is 3. The summed E-state index contributed by atoms with van der Waals surface area (Å²) < 4.78 is 7.70. The van der Waals surface area contributed by atoms with Gasteiger partial charge in [0.15, 0.2) is 0 Å². The SMILES string of the molecule is NC(=O)Cc1ccc2nc(CC(=O)NC3CC4(C3)CC(Oc3ncccc3C(N)=O)C4)cn2c1. The van der Waals surface area contributed by atoms with Gasteiger partial charge >= 0.3 is 0 Å². The molecule has 0 unspecified atom stereocenters. The van der Waals surface area contributed by atoms with Crippen molar-refractivity contribution < 1.29 is 19.1 Å². The molecule has 0 atom stereocenters. The number of nitrogens with two attached hydrogens (primary N) is 2. The van der Waals surface area contributed by atoms with Gasteiger partial charge in [-0.25, -0.2) is 9.97 Å². The van der Waals surface area contributed by atoms with Crippen molar-refractivity contribution in [3.63, 3.8) is 0 Å². The summed E-state index contributed by atoms with van der Waals surface area (Å²) in [5.41, 5.74) is 13.3. The maximum atomic E-state index is 12.5. The zero-order valence-corrected chi connectivity index (χ0v) is 18.6. The zero-order valence-electron chi connectivity index (χ0n) is 18.6. The summed E-state index contributed by atoms with van der Waals surface area (Å²) in [4.78, 5) is 43.8. The summed E-state index contributed by atoms with van der Waals surface area (Å²) >= 11 is 0. The highest BCUT2D eigenvalue weighted by molar-refractivity contribution is 5.94. The van der Waals surface area contributed by atoms with Crippen molar-refractivity contribution in [3.05, 3.63) is 59.7 Å². The third-order valence-electron chi connectivity index (χ3n) is 6.64. The molecule has 0 saturated heterocycles. The number of carbonyl (C=O) groups excluding carboxylic acids is 3. The normalized spacial score (nSPS) is 23.2. The second-order valence-corrected chi connectivity index (χ2v) is 9.40. The highest BCUT2D eigenvalue weighted by atomic mass is 16.5. The molecular formula is C24H26N6O4. The van der Waals surface area contributed by atoms with Crippen LogP contribution in [0.2, 0.25) is 0 Å². The van der Waals surface area contributed by atoms with Crippen LogP contribution in [0.4, 0.5) is 0 Å². The van der Waals surface area contributed by atoms with Gasteiger partial charge in [0.25, 0.3) is 5.91 Å². The second kappa shape index (κ2) is 8.44. The minimum atomic E-state index is -0.555. The first-order valence-electron chi connectivity index (χ1n) is 11.2. The van der Waals surface area contributed by atoms with E-state index in [-0.39, 0.29) is 42.2 Å². The van der Waals surface area contributed by atoms with Crippen molar-refractivity contribution in [3.8, 4) is 5.88 Å². The topological polar surface area (TPSA) is 155 Å². The van der Waals surface area contributed by atoms with Crippen molar-refractivity contribution in [2.75, 3.05) is 0 Å². The van der Waals surface area contributed by atoms with E-state index in [0.717, 1.165) is 31.2 Å². The van der Waals surface area contributed by atoms with E-state index < -0.39 is 11.8 Å². The van der Waals surface area contributed by atoms with Gasteiger partial charge in [0, 0.05) is 24.6 Å². The summed E-state index contributed by atoms with van der Waals surface area (Å²) in [5, 5.41) is 3.09. The van der Waals surface area contributed by atoms with Gasteiger partial charge in [0.1, 0.15) is 17.3 Å². The maximum Gasteiger partial charge on any atom is 0.254 e. The zero-order chi connectivity index (χ0) is 23.9. The van der Waals surface area contributed by atoms with Crippen molar-refractivity contribution in [2.24, 2.45) is 16.9 Å². The van der Waals surface area contributed by atoms with Crippen LogP contribution in [0.1, 0.15) is 47.3 Å². The number of nitrogens with zero attached hydrogens (tertiary/aromatic N) is 3. The molecule has 0 aliphatic heterocycles. The van der Waals surface area contributed by atoms with Crippen LogP contribution in [0, 0.1) is 5.41 Å². The highest BCUT2D eigenvalue weighted by Gasteiger charge is 2.54. The molecule has 2 aliphatic rings. The van der Waals surface area contributed by atoms with Crippen LogP contribution in [-0.4, -0.2) is 44.2 Å². The number of rotatable bonds is 8. The molecule has 0 radical (unpaired) electrons. The molecule has 3 heterocycles. The molecule has 10 heteroatoms. The lowest BCUT2D eigenvalue weighted by Gasteiger charge is -2.57. The van der Waals surface area contributed by atoms with Crippen LogP contribution in [0.15, 0.2) is 42.9 Å². The van der Waals surface area contributed by atoms with Crippen LogP contribution >= 0.6 is 0 Å². The van der Waals surface area contributed by atoms with E-state index in [2.05, 4.69) is 15.3 Å². The maximum absolute atomic E-state index is 12.5.